The standard InChI is InChI=1S/C22H22INO4/c1-5-26-20-11-16(9-18-15(4)24-28-22(18)25)10-19(23)21(20)27-12-17-7-13(2)6-14(3)8-17/h6-11H,5,12H2,1-4H3/b18-9+. The van der Waals surface area contributed by atoms with Gasteiger partial charge in [-0.15, -0.1) is 0 Å². The normalized spacial score (nSPS) is 14.8. The summed E-state index contributed by atoms with van der Waals surface area (Å²) in [6, 6.07) is 10.2. The Morgan fingerprint density at radius 1 is 1.07 bits per heavy atom. The number of hydrogen-bond donors (Lipinski definition) is 0. The molecule has 1 aliphatic rings. The van der Waals surface area contributed by atoms with Gasteiger partial charge in [0.1, 0.15) is 6.61 Å². The SMILES string of the molecule is CCOc1cc(/C=C2/C(=O)ON=C2C)cc(I)c1OCc1cc(C)cc(C)c1. The van der Waals surface area contributed by atoms with Crippen molar-refractivity contribution in [1.29, 1.82) is 0 Å². The first-order valence-electron chi connectivity index (χ1n) is 9.01. The van der Waals surface area contributed by atoms with Crippen LogP contribution in [0.2, 0.25) is 0 Å². The Balaban J connectivity index is 1.90. The summed E-state index contributed by atoms with van der Waals surface area (Å²) in [4.78, 5) is 16.5. The molecule has 2 aromatic rings. The van der Waals surface area contributed by atoms with Crippen molar-refractivity contribution in [3.63, 3.8) is 0 Å². The van der Waals surface area contributed by atoms with Gasteiger partial charge in [0.15, 0.2) is 11.5 Å². The summed E-state index contributed by atoms with van der Waals surface area (Å²) >= 11 is 2.22. The maximum Gasteiger partial charge on any atom is 0.367 e. The highest BCUT2D eigenvalue weighted by molar-refractivity contribution is 14.1. The van der Waals surface area contributed by atoms with Crippen LogP contribution in [0.5, 0.6) is 11.5 Å². The summed E-state index contributed by atoms with van der Waals surface area (Å²) in [5.74, 6) is 0.898. The smallest absolute Gasteiger partial charge is 0.367 e. The second kappa shape index (κ2) is 8.77. The second-order valence-electron chi connectivity index (χ2n) is 6.66. The number of rotatable bonds is 6. The lowest BCUT2D eigenvalue weighted by molar-refractivity contribution is -0.136. The van der Waals surface area contributed by atoms with Crippen molar-refractivity contribution in [2.75, 3.05) is 6.61 Å². The Kier molecular flexibility index (Phi) is 6.39. The van der Waals surface area contributed by atoms with Crippen molar-refractivity contribution < 1.29 is 19.1 Å². The van der Waals surface area contributed by atoms with Gasteiger partial charge in [0.2, 0.25) is 0 Å². The van der Waals surface area contributed by atoms with Crippen molar-refractivity contribution in [2.24, 2.45) is 5.16 Å². The number of hydrogen-bond acceptors (Lipinski definition) is 5. The monoisotopic (exact) mass is 491 g/mol. The summed E-state index contributed by atoms with van der Waals surface area (Å²) in [6.07, 6.45) is 1.76. The van der Waals surface area contributed by atoms with Gasteiger partial charge < -0.3 is 14.3 Å². The predicted octanol–water partition coefficient (Wildman–Crippen LogP) is 5.20. The topological polar surface area (TPSA) is 57.1 Å². The minimum atomic E-state index is -0.444. The summed E-state index contributed by atoms with van der Waals surface area (Å²) in [5, 5.41) is 3.71. The number of halogens is 1. The Hall–Kier alpha value is -2.35. The zero-order valence-corrected chi connectivity index (χ0v) is 18.5. The number of nitrogens with zero attached hydrogens (tertiary/aromatic N) is 1. The lowest BCUT2D eigenvalue weighted by Crippen LogP contribution is -2.04. The molecular weight excluding hydrogens is 469 g/mol. The Morgan fingerprint density at radius 2 is 1.79 bits per heavy atom. The van der Waals surface area contributed by atoms with Crippen LogP contribution in [0.1, 0.15) is 36.1 Å². The first-order valence-corrected chi connectivity index (χ1v) is 10.1. The van der Waals surface area contributed by atoms with Gasteiger partial charge in [0, 0.05) is 0 Å². The average Bonchev–Trinajstić information content (AvgIpc) is 2.92. The van der Waals surface area contributed by atoms with E-state index in [2.05, 4.69) is 59.8 Å². The molecule has 146 valence electrons. The summed E-state index contributed by atoms with van der Waals surface area (Å²) < 4.78 is 12.8. The molecule has 5 nitrogen and oxygen atoms in total. The van der Waals surface area contributed by atoms with Crippen LogP contribution in [0.4, 0.5) is 0 Å². The fourth-order valence-electron chi connectivity index (χ4n) is 3.07. The van der Waals surface area contributed by atoms with E-state index in [9.17, 15) is 4.79 Å². The quantitative estimate of drug-likeness (QED) is 0.317. The van der Waals surface area contributed by atoms with Crippen LogP contribution in [0.25, 0.3) is 6.08 Å². The van der Waals surface area contributed by atoms with E-state index in [0.717, 1.165) is 14.7 Å². The van der Waals surface area contributed by atoms with E-state index in [0.29, 0.717) is 36.0 Å². The summed E-state index contributed by atoms with van der Waals surface area (Å²) in [7, 11) is 0. The van der Waals surface area contributed by atoms with Gasteiger partial charge >= 0.3 is 5.97 Å². The highest BCUT2D eigenvalue weighted by atomic mass is 127. The molecule has 3 rings (SSSR count). The van der Waals surface area contributed by atoms with Crippen molar-refractivity contribution >= 4 is 40.3 Å². The molecule has 0 bridgehead atoms. The van der Waals surface area contributed by atoms with Gasteiger partial charge in [-0.1, -0.05) is 34.5 Å². The van der Waals surface area contributed by atoms with Crippen molar-refractivity contribution in [3.05, 3.63) is 61.7 Å². The molecule has 28 heavy (non-hydrogen) atoms. The van der Waals surface area contributed by atoms with Gasteiger partial charge in [-0.3, -0.25) is 0 Å². The fourth-order valence-corrected chi connectivity index (χ4v) is 3.85. The van der Waals surface area contributed by atoms with Gasteiger partial charge in [0.05, 0.1) is 21.5 Å². The maximum atomic E-state index is 11.8. The Bertz CT molecular complexity index is 958. The van der Waals surface area contributed by atoms with E-state index < -0.39 is 5.97 Å². The minimum Gasteiger partial charge on any atom is -0.490 e. The number of ether oxygens (including phenoxy) is 2. The molecule has 0 unspecified atom stereocenters. The molecule has 0 fully saturated rings. The molecule has 0 atom stereocenters. The molecule has 0 N–H and O–H groups in total. The van der Waals surface area contributed by atoms with Crippen LogP contribution in [0.15, 0.2) is 41.1 Å². The van der Waals surface area contributed by atoms with Crippen molar-refractivity contribution in [2.45, 2.75) is 34.3 Å². The van der Waals surface area contributed by atoms with E-state index in [4.69, 9.17) is 14.3 Å². The third-order valence-corrected chi connectivity index (χ3v) is 4.98. The van der Waals surface area contributed by atoms with Crippen LogP contribution in [-0.2, 0) is 16.2 Å². The summed E-state index contributed by atoms with van der Waals surface area (Å²) in [6.45, 7) is 8.79. The molecular formula is C22H22INO4. The lowest BCUT2D eigenvalue weighted by Gasteiger charge is -2.15. The number of carbonyl (C=O) groups is 1. The van der Waals surface area contributed by atoms with Crippen LogP contribution in [0.3, 0.4) is 0 Å². The molecule has 0 aromatic heterocycles. The molecule has 2 aromatic carbocycles. The lowest BCUT2D eigenvalue weighted by atomic mass is 10.1. The first kappa shape index (κ1) is 20.4. The van der Waals surface area contributed by atoms with Gasteiger partial charge in [-0.05, 0) is 79.6 Å². The number of aryl methyl sites for hydroxylation is 2. The van der Waals surface area contributed by atoms with E-state index in [-0.39, 0.29) is 0 Å². The molecule has 0 saturated heterocycles. The molecule has 0 radical (unpaired) electrons. The Labute approximate surface area is 178 Å². The average molecular weight is 491 g/mol. The number of benzene rings is 2. The van der Waals surface area contributed by atoms with E-state index >= 15 is 0 Å². The van der Waals surface area contributed by atoms with E-state index in [1.54, 1.807) is 13.0 Å². The van der Waals surface area contributed by atoms with Crippen LogP contribution in [-0.4, -0.2) is 18.3 Å². The van der Waals surface area contributed by atoms with Gasteiger partial charge in [-0.2, -0.15) is 0 Å². The summed E-state index contributed by atoms with van der Waals surface area (Å²) in [5.41, 5.74) is 5.37. The minimum absolute atomic E-state index is 0.444. The van der Waals surface area contributed by atoms with Crippen molar-refractivity contribution in [3.8, 4) is 11.5 Å². The fraction of sp³-hybridized carbons (Fsp3) is 0.273. The Morgan fingerprint density at radius 3 is 2.39 bits per heavy atom. The number of oxime groups is 1. The maximum absolute atomic E-state index is 11.8. The molecule has 1 aliphatic heterocycles. The van der Waals surface area contributed by atoms with Crippen molar-refractivity contribution in [1.82, 2.24) is 0 Å². The first-order chi connectivity index (χ1) is 13.4. The second-order valence-corrected chi connectivity index (χ2v) is 7.82. The third-order valence-electron chi connectivity index (χ3n) is 4.18. The van der Waals surface area contributed by atoms with E-state index in [1.165, 1.54) is 11.1 Å². The zero-order chi connectivity index (χ0) is 20.3. The van der Waals surface area contributed by atoms with Crippen LogP contribution < -0.4 is 9.47 Å². The predicted molar refractivity (Wildman–Crippen MR) is 118 cm³/mol. The molecule has 0 saturated carbocycles. The number of carbonyl (C=O) groups excluding carboxylic acids is 1. The van der Waals surface area contributed by atoms with Gasteiger partial charge in [-0.25, -0.2) is 4.79 Å². The van der Waals surface area contributed by atoms with Gasteiger partial charge in [0.25, 0.3) is 0 Å². The molecule has 1 heterocycles. The van der Waals surface area contributed by atoms with Crippen LogP contribution >= 0.6 is 22.6 Å². The molecule has 0 spiro atoms. The molecule has 6 heteroatoms. The third kappa shape index (κ3) is 4.73. The largest absolute Gasteiger partial charge is 0.490 e. The van der Waals surface area contributed by atoms with E-state index in [1.807, 2.05) is 19.1 Å². The highest BCUT2D eigenvalue weighted by Crippen LogP contribution is 2.36. The highest BCUT2D eigenvalue weighted by Gasteiger charge is 2.22. The molecule has 0 aliphatic carbocycles. The molecule has 0 amide bonds. The zero-order valence-electron chi connectivity index (χ0n) is 16.3. The van der Waals surface area contributed by atoms with Crippen LogP contribution in [0, 0.1) is 17.4 Å².